The molecule has 33 heavy (non-hydrogen) atoms. The summed E-state index contributed by atoms with van der Waals surface area (Å²) in [5.41, 5.74) is 0.109. The quantitative estimate of drug-likeness (QED) is 0.260. The van der Waals surface area contributed by atoms with Crippen LogP contribution in [0, 0.1) is 17.2 Å². The second-order valence-electron chi connectivity index (χ2n) is 9.23. The Balaban J connectivity index is 1.80. The van der Waals surface area contributed by atoms with Crippen molar-refractivity contribution >= 4 is 11.8 Å². The third-order valence-electron chi connectivity index (χ3n) is 5.40. The SMILES string of the molecule is CC(C)OC(=O)C(C)(C)CC/C=C\CC1C=CC(=O)/C1=C/CC(O)COc1cccc(F)c1. The van der Waals surface area contributed by atoms with Gasteiger partial charge in [-0.15, -0.1) is 0 Å². The second kappa shape index (κ2) is 12.5. The second-order valence-corrected chi connectivity index (χ2v) is 9.23. The molecule has 180 valence electrons. The molecule has 0 amide bonds. The van der Waals surface area contributed by atoms with Crippen molar-refractivity contribution in [3.8, 4) is 5.75 Å². The molecule has 1 aliphatic rings. The summed E-state index contributed by atoms with van der Waals surface area (Å²) in [6.07, 6.45) is 10.7. The van der Waals surface area contributed by atoms with Crippen molar-refractivity contribution in [2.24, 2.45) is 11.3 Å². The lowest BCUT2D eigenvalue weighted by molar-refractivity contribution is -0.158. The van der Waals surface area contributed by atoms with Crippen molar-refractivity contribution in [2.75, 3.05) is 6.61 Å². The number of aliphatic hydroxyl groups excluding tert-OH is 1. The highest BCUT2D eigenvalue weighted by Crippen LogP contribution is 2.28. The van der Waals surface area contributed by atoms with Crippen LogP contribution in [0.1, 0.15) is 53.4 Å². The van der Waals surface area contributed by atoms with Gasteiger partial charge < -0.3 is 14.6 Å². The molecule has 0 saturated heterocycles. The fraction of sp³-hybridized carbons (Fsp3) is 0.481. The molecule has 2 rings (SSSR count). The molecule has 0 bridgehead atoms. The van der Waals surface area contributed by atoms with Gasteiger partial charge in [0.25, 0.3) is 0 Å². The van der Waals surface area contributed by atoms with Crippen LogP contribution in [0.3, 0.4) is 0 Å². The van der Waals surface area contributed by atoms with E-state index in [0.29, 0.717) is 24.2 Å². The summed E-state index contributed by atoms with van der Waals surface area (Å²) in [7, 11) is 0. The van der Waals surface area contributed by atoms with Crippen LogP contribution in [-0.4, -0.2) is 35.7 Å². The van der Waals surface area contributed by atoms with Crippen LogP contribution in [-0.2, 0) is 14.3 Å². The number of aliphatic hydroxyl groups is 1. The Labute approximate surface area is 196 Å². The Morgan fingerprint density at radius 2 is 2.03 bits per heavy atom. The molecule has 2 atom stereocenters. The van der Waals surface area contributed by atoms with Crippen molar-refractivity contribution < 1.29 is 28.6 Å². The highest BCUT2D eigenvalue weighted by molar-refractivity contribution is 6.07. The number of benzene rings is 1. The summed E-state index contributed by atoms with van der Waals surface area (Å²) in [6, 6.07) is 5.74. The van der Waals surface area contributed by atoms with Gasteiger partial charge in [-0.2, -0.15) is 0 Å². The van der Waals surface area contributed by atoms with E-state index < -0.39 is 17.3 Å². The highest BCUT2D eigenvalue weighted by atomic mass is 19.1. The number of hydrogen-bond acceptors (Lipinski definition) is 5. The van der Waals surface area contributed by atoms with Crippen LogP contribution in [0.15, 0.2) is 60.2 Å². The third kappa shape index (κ3) is 8.97. The Hall–Kier alpha value is -2.73. The van der Waals surface area contributed by atoms with Gasteiger partial charge in [0.15, 0.2) is 5.78 Å². The van der Waals surface area contributed by atoms with Crippen molar-refractivity contribution in [1.29, 1.82) is 0 Å². The standard InChI is InChI=1S/C27H35FO5/c1-19(2)33-26(31)27(3,4)16-7-5-6-9-20-12-15-25(30)24(20)14-13-22(29)18-32-23-11-8-10-21(28)17-23/h5-6,8,10-12,14-15,17,19-20,22,29H,7,9,13,16,18H2,1-4H3/b6-5-,24-14+. The maximum Gasteiger partial charge on any atom is 0.311 e. The fourth-order valence-corrected chi connectivity index (χ4v) is 3.40. The first kappa shape index (κ1) is 26.5. The monoisotopic (exact) mass is 458 g/mol. The van der Waals surface area contributed by atoms with E-state index in [-0.39, 0.29) is 36.8 Å². The van der Waals surface area contributed by atoms with E-state index in [9.17, 15) is 19.1 Å². The van der Waals surface area contributed by atoms with Gasteiger partial charge in [-0.1, -0.05) is 30.4 Å². The van der Waals surface area contributed by atoms with E-state index in [1.165, 1.54) is 18.2 Å². The number of hydrogen-bond donors (Lipinski definition) is 1. The molecule has 1 aromatic rings. The molecule has 0 aliphatic heterocycles. The van der Waals surface area contributed by atoms with E-state index in [1.54, 1.807) is 18.2 Å². The Kier molecular flexibility index (Phi) is 10.0. The maximum atomic E-state index is 13.2. The van der Waals surface area contributed by atoms with E-state index in [1.807, 2.05) is 45.9 Å². The van der Waals surface area contributed by atoms with Gasteiger partial charge in [0.05, 0.1) is 17.6 Å². The number of ether oxygens (including phenoxy) is 2. The first-order valence-corrected chi connectivity index (χ1v) is 11.4. The smallest absolute Gasteiger partial charge is 0.311 e. The molecule has 2 unspecified atom stereocenters. The molecule has 0 fully saturated rings. The van der Waals surface area contributed by atoms with Crippen LogP contribution >= 0.6 is 0 Å². The number of halogens is 1. The third-order valence-corrected chi connectivity index (χ3v) is 5.40. The molecule has 1 aliphatic carbocycles. The summed E-state index contributed by atoms with van der Waals surface area (Å²) in [5.74, 6) is -0.334. The molecule has 1 aromatic carbocycles. The average Bonchev–Trinajstić information content (AvgIpc) is 3.09. The zero-order valence-electron chi connectivity index (χ0n) is 19.9. The molecule has 0 spiro atoms. The lowest BCUT2D eigenvalue weighted by Gasteiger charge is -2.23. The van der Waals surface area contributed by atoms with E-state index in [2.05, 4.69) is 0 Å². The topological polar surface area (TPSA) is 72.8 Å². The zero-order chi connectivity index (χ0) is 24.4. The van der Waals surface area contributed by atoms with Crippen molar-refractivity contribution in [3.63, 3.8) is 0 Å². The predicted molar refractivity (Wildman–Crippen MR) is 126 cm³/mol. The summed E-state index contributed by atoms with van der Waals surface area (Å²) >= 11 is 0. The summed E-state index contributed by atoms with van der Waals surface area (Å²) in [6.45, 7) is 7.45. The van der Waals surface area contributed by atoms with Gasteiger partial charge in [-0.25, -0.2) is 4.39 Å². The Bertz CT molecular complexity index is 898. The number of ketones is 1. The Morgan fingerprint density at radius 1 is 1.27 bits per heavy atom. The molecule has 0 radical (unpaired) electrons. The fourth-order valence-electron chi connectivity index (χ4n) is 3.40. The summed E-state index contributed by atoms with van der Waals surface area (Å²) in [5, 5.41) is 10.2. The molecule has 5 nitrogen and oxygen atoms in total. The zero-order valence-corrected chi connectivity index (χ0v) is 19.9. The minimum atomic E-state index is -0.807. The van der Waals surface area contributed by atoms with Crippen molar-refractivity contribution in [1.82, 2.24) is 0 Å². The van der Waals surface area contributed by atoms with Gasteiger partial charge in [-0.3, -0.25) is 9.59 Å². The molecular formula is C27H35FO5. The van der Waals surface area contributed by atoms with Crippen LogP contribution in [0.2, 0.25) is 0 Å². The van der Waals surface area contributed by atoms with Gasteiger partial charge in [0.2, 0.25) is 0 Å². The summed E-state index contributed by atoms with van der Waals surface area (Å²) in [4.78, 5) is 24.4. The molecule has 0 heterocycles. The van der Waals surface area contributed by atoms with Crippen molar-refractivity contribution in [2.45, 2.75) is 65.6 Å². The Morgan fingerprint density at radius 3 is 2.73 bits per heavy atom. The predicted octanol–water partition coefficient (Wildman–Crippen LogP) is 5.34. The van der Waals surface area contributed by atoms with Crippen LogP contribution < -0.4 is 4.74 Å². The first-order valence-electron chi connectivity index (χ1n) is 11.4. The molecule has 1 N–H and O–H groups in total. The molecule has 0 saturated carbocycles. The minimum absolute atomic E-state index is 0.00838. The van der Waals surface area contributed by atoms with Crippen molar-refractivity contribution in [3.05, 3.63) is 66.0 Å². The first-order chi connectivity index (χ1) is 15.6. The number of rotatable bonds is 12. The highest BCUT2D eigenvalue weighted by Gasteiger charge is 2.29. The van der Waals surface area contributed by atoms with Crippen LogP contribution in [0.25, 0.3) is 0 Å². The van der Waals surface area contributed by atoms with Gasteiger partial charge >= 0.3 is 5.97 Å². The van der Waals surface area contributed by atoms with Gasteiger partial charge in [-0.05, 0) is 71.6 Å². The molecule has 6 heteroatoms. The molecular weight excluding hydrogens is 423 g/mol. The number of carbonyl (C=O) groups is 2. The van der Waals surface area contributed by atoms with Gasteiger partial charge in [0, 0.05) is 17.6 Å². The largest absolute Gasteiger partial charge is 0.491 e. The normalized spacial score (nSPS) is 18.5. The summed E-state index contributed by atoms with van der Waals surface area (Å²) < 4.78 is 23.9. The number of esters is 1. The number of allylic oxidation sites excluding steroid dienone is 5. The van der Waals surface area contributed by atoms with Crippen LogP contribution in [0.4, 0.5) is 4.39 Å². The lowest BCUT2D eigenvalue weighted by Crippen LogP contribution is -2.28. The van der Waals surface area contributed by atoms with Gasteiger partial charge in [0.1, 0.15) is 18.2 Å². The average molecular weight is 459 g/mol. The van der Waals surface area contributed by atoms with E-state index in [0.717, 1.165) is 6.42 Å². The van der Waals surface area contributed by atoms with E-state index in [4.69, 9.17) is 9.47 Å². The number of carbonyl (C=O) groups excluding carboxylic acids is 2. The minimum Gasteiger partial charge on any atom is -0.491 e. The van der Waals surface area contributed by atoms with E-state index >= 15 is 0 Å². The lowest BCUT2D eigenvalue weighted by atomic mass is 9.87. The van der Waals surface area contributed by atoms with Crippen LogP contribution in [0.5, 0.6) is 5.75 Å². The maximum absolute atomic E-state index is 13.2. The molecule has 0 aromatic heterocycles.